The Morgan fingerprint density at radius 2 is 1.87 bits per heavy atom. The first kappa shape index (κ1) is 24.0. The number of hydrogen-bond acceptors (Lipinski definition) is 13. The molecule has 0 spiro atoms. The fraction of sp³-hybridized carbons (Fsp3) is 0.625. The second kappa shape index (κ2) is 10.1. The number of aromatic nitrogens is 4. The van der Waals surface area contributed by atoms with Crippen LogP contribution in [0.3, 0.4) is 0 Å². The first-order valence-corrected chi connectivity index (χ1v) is 8.84. The second-order valence-corrected chi connectivity index (χ2v) is 6.61. The van der Waals surface area contributed by atoms with Gasteiger partial charge in [0.1, 0.15) is 48.5 Å². The Morgan fingerprint density at radius 3 is 2.40 bits per heavy atom. The van der Waals surface area contributed by atoms with Gasteiger partial charge in [-0.25, -0.2) is 15.0 Å². The standard InChI is InChI=1S/C10H13N5O4.C6H12O5/c11-8-5-9(13-2-12-8)15(3-14-5)10-7(18)6(17)4(1-16)19-10;1-3(8)5(10)6(11)4(9)2-7/h2-4,6-7,10,16-18H,1H2,(H2,11,12,13);4-7,9-11H,2H2,1H3/t4-,6-,7-,10-;/m1./s1. The maximum atomic E-state index is 10.4. The minimum atomic E-state index is -1.63. The van der Waals surface area contributed by atoms with E-state index >= 15 is 0 Å². The van der Waals surface area contributed by atoms with Crippen LogP contribution >= 0.6 is 0 Å². The van der Waals surface area contributed by atoms with E-state index < -0.39 is 61.8 Å². The minimum Gasteiger partial charge on any atom is -0.394 e. The van der Waals surface area contributed by atoms with E-state index in [9.17, 15) is 15.0 Å². The van der Waals surface area contributed by atoms with E-state index in [1.807, 2.05) is 0 Å². The van der Waals surface area contributed by atoms with Crippen LogP contribution in [-0.4, -0.2) is 111 Å². The summed E-state index contributed by atoms with van der Waals surface area (Å²) in [6.45, 7) is 0.00195. The van der Waals surface area contributed by atoms with Crippen LogP contribution in [0.4, 0.5) is 5.82 Å². The lowest BCUT2D eigenvalue weighted by Gasteiger charge is -2.18. The second-order valence-electron chi connectivity index (χ2n) is 6.61. The quantitative estimate of drug-likeness (QED) is 0.216. The van der Waals surface area contributed by atoms with Gasteiger partial charge in [0.2, 0.25) is 0 Å². The highest BCUT2D eigenvalue weighted by molar-refractivity contribution is 5.81. The van der Waals surface area contributed by atoms with Crippen LogP contribution in [0.25, 0.3) is 11.2 Å². The lowest BCUT2D eigenvalue weighted by molar-refractivity contribution is -0.137. The molecule has 2 aromatic rings. The van der Waals surface area contributed by atoms with E-state index in [1.54, 1.807) is 0 Å². The number of Topliss-reactive ketones (excluding diaryl/α,β-unsaturated/α-hetero) is 1. The number of ether oxygens (including phenoxy) is 1. The van der Waals surface area contributed by atoms with Crippen LogP contribution in [0.15, 0.2) is 12.7 Å². The van der Waals surface area contributed by atoms with Gasteiger partial charge >= 0.3 is 0 Å². The van der Waals surface area contributed by atoms with E-state index in [1.165, 1.54) is 17.2 Å². The van der Waals surface area contributed by atoms with E-state index in [0.29, 0.717) is 11.2 Å². The summed E-state index contributed by atoms with van der Waals surface area (Å²) in [5.41, 5.74) is 6.44. The van der Waals surface area contributed by atoms with Crippen LogP contribution in [0.2, 0.25) is 0 Å². The molecule has 1 fully saturated rings. The number of nitrogens with zero attached hydrogens (tertiary/aromatic N) is 4. The van der Waals surface area contributed by atoms with Gasteiger partial charge in [0.25, 0.3) is 0 Å². The zero-order chi connectivity index (χ0) is 22.6. The Hall–Kier alpha value is -2.30. The van der Waals surface area contributed by atoms with Crippen molar-refractivity contribution < 1.29 is 45.3 Å². The number of imidazole rings is 1. The highest BCUT2D eigenvalue weighted by atomic mass is 16.6. The Kier molecular flexibility index (Phi) is 8.10. The molecular formula is C16H25N5O9. The van der Waals surface area contributed by atoms with Crippen LogP contribution in [0.1, 0.15) is 13.2 Å². The SMILES string of the molecule is CC(=O)C(O)C(O)C(O)CO.Nc1ncnc2c1ncn2[C@@H]1O[C@H](CO)[C@@H](O)[C@H]1O. The molecule has 30 heavy (non-hydrogen) atoms. The Morgan fingerprint density at radius 1 is 1.20 bits per heavy atom. The lowest BCUT2D eigenvalue weighted by atomic mass is 10.1. The molecule has 168 valence electrons. The molecule has 1 aliphatic rings. The molecule has 14 nitrogen and oxygen atoms in total. The number of anilines is 1. The number of nitrogens with two attached hydrogens (primary N) is 1. The monoisotopic (exact) mass is 431 g/mol. The van der Waals surface area contributed by atoms with Crippen LogP contribution in [0.5, 0.6) is 0 Å². The average molecular weight is 431 g/mol. The number of rotatable bonds is 6. The van der Waals surface area contributed by atoms with Gasteiger partial charge in [0.05, 0.1) is 19.5 Å². The maximum Gasteiger partial charge on any atom is 0.167 e. The van der Waals surface area contributed by atoms with E-state index in [0.717, 1.165) is 6.92 Å². The van der Waals surface area contributed by atoms with Gasteiger partial charge < -0.3 is 46.2 Å². The first-order chi connectivity index (χ1) is 14.1. The van der Waals surface area contributed by atoms with Crippen molar-refractivity contribution in [1.29, 1.82) is 0 Å². The van der Waals surface area contributed by atoms with Gasteiger partial charge in [0, 0.05) is 0 Å². The number of ketones is 1. The number of carbonyl (C=O) groups is 1. The summed E-state index contributed by atoms with van der Waals surface area (Å²) < 4.78 is 6.85. The third-order valence-electron chi connectivity index (χ3n) is 4.50. The van der Waals surface area contributed by atoms with E-state index in [4.69, 9.17) is 36.0 Å². The molecule has 1 aliphatic heterocycles. The summed E-state index contributed by atoms with van der Waals surface area (Å²) in [6, 6.07) is 0. The van der Waals surface area contributed by atoms with Gasteiger partial charge in [-0.05, 0) is 6.92 Å². The van der Waals surface area contributed by atoms with Crippen molar-refractivity contribution in [2.75, 3.05) is 18.9 Å². The van der Waals surface area contributed by atoms with Gasteiger partial charge in [0.15, 0.2) is 23.5 Å². The topological polar surface area (TPSA) is 238 Å². The van der Waals surface area contributed by atoms with Gasteiger partial charge in [-0.3, -0.25) is 9.36 Å². The molecule has 0 bridgehead atoms. The first-order valence-electron chi connectivity index (χ1n) is 8.84. The fourth-order valence-corrected chi connectivity index (χ4v) is 2.72. The summed E-state index contributed by atoms with van der Waals surface area (Å²) >= 11 is 0. The van der Waals surface area contributed by atoms with Crippen molar-refractivity contribution in [3.8, 4) is 0 Å². The zero-order valence-corrected chi connectivity index (χ0v) is 15.9. The van der Waals surface area contributed by atoms with Crippen LogP contribution in [0, 0.1) is 0 Å². The minimum absolute atomic E-state index is 0.218. The van der Waals surface area contributed by atoms with E-state index in [2.05, 4.69) is 15.0 Å². The van der Waals surface area contributed by atoms with Crippen molar-refractivity contribution in [1.82, 2.24) is 19.5 Å². The molecule has 0 radical (unpaired) electrons. The molecule has 14 heteroatoms. The highest BCUT2D eigenvalue weighted by Crippen LogP contribution is 2.31. The lowest BCUT2D eigenvalue weighted by Crippen LogP contribution is -2.42. The van der Waals surface area contributed by atoms with Crippen molar-refractivity contribution in [2.24, 2.45) is 0 Å². The average Bonchev–Trinajstić information content (AvgIpc) is 3.28. The summed E-state index contributed by atoms with van der Waals surface area (Å²) in [5.74, 6) is -0.430. The summed E-state index contributed by atoms with van der Waals surface area (Å²) in [6.07, 6.45) is -6.14. The third kappa shape index (κ3) is 4.88. The summed E-state index contributed by atoms with van der Waals surface area (Å²) in [5, 5.41) is 63.5. The maximum absolute atomic E-state index is 10.4. The molecule has 1 saturated heterocycles. The number of nitrogen functional groups attached to an aromatic ring is 1. The predicted octanol–water partition coefficient (Wildman–Crippen LogP) is -4.33. The van der Waals surface area contributed by atoms with Gasteiger partial charge in [-0.15, -0.1) is 0 Å². The van der Waals surface area contributed by atoms with Crippen molar-refractivity contribution in [3.05, 3.63) is 12.7 Å². The Balaban J connectivity index is 0.000000252. The molecule has 3 unspecified atom stereocenters. The smallest absolute Gasteiger partial charge is 0.167 e. The number of hydrogen-bond donors (Lipinski definition) is 8. The van der Waals surface area contributed by atoms with Crippen LogP contribution in [-0.2, 0) is 9.53 Å². The Bertz CT molecular complexity index is 850. The number of fused-ring (bicyclic) bond motifs is 1. The van der Waals surface area contributed by atoms with Crippen molar-refractivity contribution >= 4 is 22.8 Å². The fourth-order valence-electron chi connectivity index (χ4n) is 2.72. The van der Waals surface area contributed by atoms with E-state index in [-0.39, 0.29) is 5.82 Å². The largest absolute Gasteiger partial charge is 0.394 e. The van der Waals surface area contributed by atoms with Crippen LogP contribution < -0.4 is 5.73 Å². The highest BCUT2D eigenvalue weighted by Gasteiger charge is 2.44. The van der Waals surface area contributed by atoms with Crippen molar-refractivity contribution in [2.45, 2.75) is 49.8 Å². The number of carbonyl (C=O) groups excluding carboxylic acids is 1. The molecule has 9 N–H and O–H groups in total. The molecule has 3 rings (SSSR count). The number of aliphatic hydroxyl groups excluding tert-OH is 7. The molecule has 7 atom stereocenters. The number of aliphatic hydroxyl groups is 7. The van der Waals surface area contributed by atoms with Gasteiger partial charge in [-0.2, -0.15) is 0 Å². The molecule has 2 aromatic heterocycles. The summed E-state index contributed by atoms with van der Waals surface area (Å²) in [7, 11) is 0. The predicted molar refractivity (Wildman–Crippen MR) is 98.5 cm³/mol. The molecule has 0 saturated carbocycles. The summed E-state index contributed by atoms with van der Waals surface area (Å²) in [4.78, 5) is 22.3. The third-order valence-corrected chi connectivity index (χ3v) is 4.50. The normalized spacial score (nSPS) is 26.7. The zero-order valence-electron chi connectivity index (χ0n) is 15.9. The van der Waals surface area contributed by atoms with Crippen molar-refractivity contribution in [3.63, 3.8) is 0 Å². The molecular weight excluding hydrogens is 406 g/mol. The molecule has 3 heterocycles. The Labute approximate surface area is 169 Å². The van der Waals surface area contributed by atoms with Gasteiger partial charge in [-0.1, -0.05) is 0 Å². The molecule has 0 amide bonds. The molecule has 0 aliphatic carbocycles. The molecule has 0 aromatic carbocycles.